The molecule has 0 atom stereocenters. The van der Waals surface area contributed by atoms with Gasteiger partial charge in [0.15, 0.2) is 0 Å². The third kappa shape index (κ3) is 3.68. The molecule has 0 saturated carbocycles. The Balaban J connectivity index is 1.70. The third-order valence-corrected chi connectivity index (χ3v) is 6.96. The minimum absolute atomic E-state index is 0.00740. The molecule has 0 radical (unpaired) electrons. The van der Waals surface area contributed by atoms with Gasteiger partial charge in [-0.1, -0.05) is 122 Å². The molecule has 0 aliphatic heterocycles. The Morgan fingerprint density at radius 1 is 0.683 bits per heavy atom. The molecular formula is C39H28N2. The maximum absolute atomic E-state index is 9.44. The van der Waals surface area contributed by atoms with Gasteiger partial charge in [-0.25, -0.2) is 4.98 Å². The molecule has 0 spiro atoms. The predicted octanol–water partition coefficient (Wildman–Crippen LogP) is 10.4. The van der Waals surface area contributed by atoms with E-state index in [1.807, 2.05) is 0 Å². The SMILES string of the molecule is [2H]c1c([2H])c([2H])c2c([2H])c(-c3c4c([2H])c([2H])c([2H])c([2H])c4c(-c4ccccc4-n4c(C([2H])([2H])C([2H])([2H])[2H])nc5ccccc54)c4c([2H])c([2H])c([2H])c([2H])c34)c([2H])c([2H])c2c1[2H]. The summed E-state index contributed by atoms with van der Waals surface area (Å²) in [6.07, 6.45) is -3.10. The summed E-state index contributed by atoms with van der Waals surface area (Å²) in [6, 6.07) is 0.578. The molecule has 0 aliphatic rings. The van der Waals surface area contributed by atoms with E-state index in [1.54, 1.807) is 18.2 Å². The lowest BCUT2D eigenvalue weighted by Gasteiger charge is -2.20. The molecule has 8 aromatic rings. The molecule has 2 heteroatoms. The molecule has 194 valence electrons. The normalized spacial score (nSPS) is 19.2. The number of rotatable bonds is 4. The summed E-state index contributed by atoms with van der Waals surface area (Å²) < 4.78 is 178. The molecule has 0 aliphatic carbocycles. The van der Waals surface area contributed by atoms with Crippen LogP contribution in [0.4, 0.5) is 0 Å². The van der Waals surface area contributed by atoms with Crippen molar-refractivity contribution in [1.29, 1.82) is 0 Å². The number of hydrogen-bond donors (Lipinski definition) is 0. The van der Waals surface area contributed by atoms with E-state index >= 15 is 0 Å². The fraction of sp³-hybridized carbons (Fsp3) is 0.0513. The minimum Gasteiger partial charge on any atom is -0.296 e. The highest BCUT2D eigenvalue weighted by Crippen LogP contribution is 2.45. The lowest BCUT2D eigenvalue weighted by Crippen LogP contribution is -2.03. The van der Waals surface area contributed by atoms with Gasteiger partial charge in [0.1, 0.15) is 5.82 Å². The lowest BCUT2D eigenvalue weighted by atomic mass is 9.85. The smallest absolute Gasteiger partial charge is 0.114 e. The summed E-state index contributed by atoms with van der Waals surface area (Å²) in [6.45, 7) is -3.26. The van der Waals surface area contributed by atoms with Crippen LogP contribution in [0.5, 0.6) is 0 Å². The van der Waals surface area contributed by atoms with Gasteiger partial charge in [-0.15, -0.1) is 0 Å². The Kier molecular flexibility index (Phi) is 2.54. The van der Waals surface area contributed by atoms with Crippen LogP contribution in [0.2, 0.25) is 0 Å². The molecule has 1 heterocycles. The van der Waals surface area contributed by atoms with Gasteiger partial charge in [0.05, 0.1) is 37.3 Å². The first-order chi connectivity index (χ1) is 28.5. The van der Waals surface area contributed by atoms with Gasteiger partial charge in [-0.2, -0.15) is 0 Å². The average molecular weight is 545 g/mol. The Morgan fingerprint density at radius 2 is 1.32 bits per heavy atom. The number of hydrogen-bond acceptors (Lipinski definition) is 1. The number of nitrogens with zero attached hydrogens (tertiary/aromatic N) is 2. The van der Waals surface area contributed by atoms with Crippen LogP contribution in [0, 0.1) is 0 Å². The van der Waals surface area contributed by atoms with E-state index in [4.69, 9.17) is 19.2 Å². The second-order valence-electron chi connectivity index (χ2n) is 9.15. The summed E-state index contributed by atoms with van der Waals surface area (Å²) in [5.74, 6) is -0.573. The quantitative estimate of drug-likeness (QED) is 0.202. The lowest BCUT2D eigenvalue weighted by molar-refractivity contribution is 0.909. The van der Waals surface area contributed by atoms with E-state index in [1.165, 1.54) is 34.9 Å². The number of benzene rings is 7. The van der Waals surface area contributed by atoms with Gasteiger partial charge in [0.25, 0.3) is 0 Å². The van der Waals surface area contributed by atoms with Crippen molar-refractivity contribution in [1.82, 2.24) is 9.55 Å². The van der Waals surface area contributed by atoms with Crippen LogP contribution in [0.15, 0.2) is 139 Å². The molecule has 0 unspecified atom stereocenters. The van der Waals surface area contributed by atoms with Crippen molar-refractivity contribution < 1.29 is 27.4 Å². The standard InChI is InChI=1S/C39H28N2/c1-2-37-40-34-20-10-12-22-36(34)41(37)35-21-11-9-19-33(35)39-31-17-7-5-15-29(31)38(30-16-6-8-18-32(30)39)28-24-23-26-13-3-4-14-27(26)25-28/h3-25H,2H2,1H3/i1D3,2D2,3D,4D,5D,6D,7D,8D,13D,14D,15D,16D,17D,18D,23D,24D,25D. The first-order valence-corrected chi connectivity index (χ1v) is 12.5. The topological polar surface area (TPSA) is 17.8 Å². The van der Waals surface area contributed by atoms with Crippen molar-refractivity contribution in [2.45, 2.75) is 13.2 Å². The summed E-state index contributed by atoms with van der Waals surface area (Å²) in [7, 11) is 0. The van der Waals surface area contributed by atoms with E-state index in [0.717, 1.165) is 0 Å². The van der Waals surface area contributed by atoms with Gasteiger partial charge in [0, 0.05) is 18.8 Å². The maximum atomic E-state index is 9.44. The Labute approximate surface area is 267 Å². The Morgan fingerprint density at radius 3 is 2.07 bits per heavy atom. The molecule has 0 fully saturated rings. The van der Waals surface area contributed by atoms with Crippen LogP contribution in [-0.2, 0) is 6.37 Å². The monoisotopic (exact) mass is 544 g/mol. The fourth-order valence-electron chi connectivity index (χ4n) is 5.28. The zero-order chi connectivity index (χ0) is 44.7. The fourth-order valence-corrected chi connectivity index (χ4v) is 5.28. The van der Waals surface area contributed by atoms with E-state index in [-0.39, 0.29) is 27.8 Å². The molecule has 1 aromatic heterocycles. The number of fused-ring (bicyclic) bond motifs is 4. The number of para-hydroxylation sites is 3. The summed E-state index contributed by atoms with van der Waals surface area (Å²) in [5, 5.41) is -2.71. The number of aryl methyl sites for hydroxylation is 1. The molecule has 0 N–H and O–H groups in total. The average Bonchev–Trinajstić information content (AvgIpc) is 3.62. The van der Waals surface area contributed by atoms with Crippen LogP contribution in [-0.4, -0.2) is 9.55 Å². The summed E-state index contributed by atoms with van der Waals surface area (Å²) in [4.78, 5) is 4.40. The van der Waals surface area contributed by atoms with Crippen molar-refractivity contribution >= 4 is 43.4 Å². The van der Waals surface area contributed by atoms with Crippen molar-refractivity contribution in [3.05, 3.63) is 145 Å². The minimum atomic E-state index is -3.26. The third-order valence-electron chi connectivity index (χ3n) is 6.96. The van der Waals surface area contributed by atoms with E-state index in [2.05, 4.69) is 4.98 Å². The van der Waals surface area contributed by atoms with Crippen LogP contribution >= 0.6 is 0 Å². The second-order valence-corrected chi connectivity index (χ2v) is 9.15. The number of imidazole rings is 1. The first kappa shape index (κ1) is 11.0. The molecule has 41 heavy (non-hydrogen) atoms. The Hall–Kier alpha value is -5.21. The van der Waals surface area contributed by atoms with E-state index in [0.29, 0.717) is 0 Å². The van der Waals surface area contributed by atoms with Crippen molar-refractivity contribution in [2.24, 2.45) is 0 Å². The van der Waals surface area contributed by atoms with Crippen molar-refractivity contribution in [2.75, 3.05) is 0 Å². The summed E-state index contributed by atoms with van der Waals surface area (Å²) >= 11 is 0. The van der Waals surface area contributed by atoms with Crippen molar-refractivity contribution in [3.63, 3.8) is 0 Å². The number of aromatic nitrogens is 2. The van der Waals surface area contributed by atoms with Crippen LogP contribution in [0.1, 0.15) is 40.1 Å². The molecule has 0 saturated heterocycles. The summed E-state index contributed by atoms with van der Waals surface area (Å²) in [5.41, 5.74) is -0.998. The highest BCUT2D eigenvalue weighted by molar-refractivity contribution is 6.22. The second kappa shape index (κ2) is 9.46. The van der Waals surface area contributed by atoms with Crippen molar-refractivity contribution in [3.8, 4) is 27.9 Å². The van der Waals surface area contributed by atoms with E-state index < -0.39 is 153 Å². The zero-order valence-electron chi connectivity index (χ0n) is 41.0. The predicted molar refractivity (Wildman–Crippen MR) is 174 cm³/mol. The van der Waals surface area contributed by atoms with Crippen LogP contribution < -0.4 is 0 Å². The molecule has 2 nitrogen and oxygen atoms in total. The van der Waals surface area contributed by atoms with Gasteiger partial charge in [0.2, 0.25) is 0 Å². The molecule has 0 amide bonds. The molecule has 7 aromatic carbocycles. The molecule has 0 bridgehead atoms. The van der Waals surface area contributed by atoms with Gasteiger partial charge < -0.3 is 0 Å². The largest absolute Gasteiger partial charge is 0.296 e. The van der Waals surface area contributed by atoms with Gasteiger partial charge in [-0.3, -0.25) is 4.57 Å². The molecule has 8 rings (SSSR count). The first-order valence-electron chi connectivity index (χ1n) is 22.5. The highest BCUT2D eigenvalue weighted by atomic mass is 15.1. The van der Waals surface area contributed by atoms with Crippen LogP contribution in [0.25, 0.3) is 71.3 Å². The Bertz CT molecular complexity index is 3200. The van der Waals surface area contributed by atoms with Gasteiger partial charge >= 0.3 is 0 Å². The van der Waals surface area contributed by atoms with E-state index in [9.17, 15) is 8.22 Å². The van der Waals surface area contributed by atoms with Gasteiger partial charge in [-0.05, 0) is 73.2 Å². The highest BCUT2D eigenvalue weighted by Gasteiger charge is 2.20. The zero-order valence-corrected chi connectivity index (χ0v) is 21.0. The maximum Gasteiger partial charge on any atom is 0.114 e. The van der Waals surface area contributed by atoms with Crippen LogP contribution in [0.3, 0.4) is 0 Å². The molecular weight excluding hydrogens is 496 g/mol.